The Bertz CT molecular complexity index is 333. The third-order valence-corrected chi connectivity index (χ3v) is 1.96. The van der Waals surface area contributed by atoms with Crippen LogP contribution in [0.4, 0.5) is 5.69 Å². The zero-order valence-corrected chi connectivity index (χ0v) is 9.41. The molecule has 5 heteroatoms. The molecule has 0 aliphatic carbocycles. The van der Waals surface area contributed by atoms with E-state index in [1.807, 2.05) is 20.2 Å². The highest BCUT2D eigenvalue weighted by Crippen LogP contribution is 2.10. The number of esters is 1. The molecule has 0 bridgehead atoms. The maximum atomic E-state index is 11.0. The Labute approximate surface area is 89.4 Å². The SMILES string of the molecule is CCOC(=O)CCNc1cn(C)nc1C. The molecule has 0 saturated carbocycles. The van der Waals surface area contributed by atoms with E-state index in [1.165, 1.54) is 0 Å². The van der Waals surface area contributed by atoms with Crippen molar-refractivity contribution in [3.63, 3.8) is 0 Å². The molecule has 15 heavy (non-hydrogen) atoms. The Morgan fingerprint density at radius 2 is 2.40 bits per heavy atom. The number of carbonyl (C=O) groups excluding carboxylic acids is 1. The predicted molar refractivity (Wildman–Crippen MR) is 57.7 cm³/mol. The molecule has 1 aromatic heterocycles. The van der Waals surface area contributed by atoms with E-state index in [1.54, 1.807) is 11.6 Å². The van der Waals surface area contributed by atoms with Crippen LogP contribution in [0, 0.1) is 6.92 Å². The highest BCUT2D eigenvalue weighted by molar-refractivity contribution is 5.70. The van der Waals surface area contributed by atoms with Crippen molar-refractivity contribution in [2.45, 2.75) is 20.3 Å². The van der Waals surface area contributed by atoms with Gasteiger partial charge in [0, 0.05) is 19.8 Å². The summed E-state index contributed by atoms with van der Waals surface area (Å²) >= 11 is 0. The summed E-state index contributed by atoms with van der Waals surface area (Å²) in [7, 11) is 1.86. The summed E-state index contributed by atoms with van der Waals surface area (Å²) in [5.41, 5.74) is 1.89. The van der Waals surface area contributed by atoms with Gasteiger partial charge in [-0.3, -0.25) is 9.48 Å². The summed E-state index contributed by atoms with van der Waals surface area (Å²) < 4.78 is 6.55. The van der Waals surface area contributed by atoms with E-state index in [2.05, 4.69) is 10.4 Å². The molecule has 0 aliphatic heterocycles. The zero-order valence-electron chi connectivity index (χ0n) is 9.41. The molecule has 1 heterocycles. The molecule has 0 saturated heterocycles. The fraction of sp³-hybridized carbons (Fsp3) is 0.600. The van der Waals surface area contributed by atoms with Crippen molar-refractivity contribution in [1.29, 1.82) is 0 Å². The molecule has 84 valence electrons. The van der Waals surface area contributed by atoms with E-state index in [-0.39, 0.29) is 5.97 Å². The third kappa shape index (κ3) is 3.61. The van der Waals surface area contributed by atoms with E-state index in [0.717, 1.165) is 11.4 Å². The zero-order chi connectivity index (χ0) is 11.3. The van der Waals surface area contributed by atoms with Crippen molar-refractivity contribution in [1.82, 2.24) is 9.78 Å². The fourth-order valence-corrected chi connectivity index (χ4v) is 1.31. The maximum Gasteiger partial charge on any atom is 0.307 e. The Morgan fingerprint density at radius 3 is 2.93 bits per heavy atom. The lowest BCUT2D eigenvalue weighted by atomic mass is 10.3. The fourth-order valence-electron chi connectivity index (χ4n) is 1.31. The normalized spacial score (nSPS) is 10.1. The summed E-state index contributed by atoms with van der Waals surface area (Å²) in [5, 5.41) is 7.32. The predicted octanol–water partition coefficient (Wildman–Crippen LogP) is 1.09. The molecule has 1 rings (SSSR count). The first-order chi connectivity index (χ1) is 7.13. The van der Waals surface area contributed by atoms with Crippen LogP contribution in [0.2, 0.25) is 0 Å². The minimum atomic E-state index is -0.174. The van der Waals surface area contributed by atoms with Gasteiger partial charge < -0.3 is 10.1 Å². The number of hydrogen-bond acceptors (Lipinski definition) is 4. The van der Waals surface area contributed by atoms with Gasteiger partial charge in [-0.2, -0.15) is 5.10 Å². The van der Waals surface area contributed by atoms with Crippen LogP contribution in [0.3, 0.4) is 0 Å². The van der Waals surface area contributed by atoms with Crippen LogP contribution < -0.4 is 5.32 Å². The number of aromatic nitrogens is 2. The molecule has 0 aliphatic rings. The summed E-state index contributed by atoms with van der Waals surface area (Å²) in [6.07, 6.45) is 2.27. The summed E-state index contributed by atoms with van der Waals surface area (Å²) in [6.45, 7) is 4.74. The number of ether oxygens (including phenoxy) is 1. The van der Waals surface area contributed by atoms with E-state index >= 15 is 0 Å². The van der Waals surface area contributed by atoms with Gasteiger partial charge in [-0.05, 0) is 13.8 Å². The van der Waals surface area contributed by atoms with Crippen molar-refractivity contribution >= 4 is 11.7 Å². The number of hydrogen-bond donors (Lipinski definition) is 1. The first-order valence-corrected chi connectivity index (χ1v) is 5.03. The monoisotopic (exact) mass is 211 g/mol. The smallest absolute Gasteiger partial charge is 0.307 e. The minimum Gasteiger partial charge on any atom is -0.466 e. The standard InChI is InChI=1S/C10H17N3O2/c1-4-15-10(14)5-6-11-9-7-13(3)12-8(9)2/h7,11H,4-6H2,1-3H3. The van der Waals surface area contributed by atoms with Gasteiger partial charge in [0.1, 0.15) is 0 Å². The summed E-state index contributed by atoms with van der Waals surface area (Å²) in [5.74, 6) is -0.174. The highest BCUT2D eigenvalue weighted by atomic mass is 16.5. The van der Waals surface area contributed by atoms with Crippen LogP contribution in [0.15, 0.2) is 6.20 Å². The number of nitrogens with one attached hydrogen (secondary N) is 1. The Morgan fingerprint density at radius 1 is 1.67 bits per heavy atom. The quantitative estimate of drug-likeness (QED) is 0.741. The first-order valence-electron chi connectivity index (χ1n) is 5.03. The summed E-state index contributed by atoms with van der Waals surface area (Å²) in [6, 6.07) is 0. The third-order valence-electron chi connectivity index (χ3n) is 1.96. The molecule has 0 unspecified atom stereocenters. The molecular formula is C10H17N3O2. The van der Waals surface area contributed by atoms with Gasteiger partial charge >= 0.3 is 5.97 Å². The Balaban J connectivity index is 2.31. The summed E-state index contributed by atoms with van der Waals surface area (Å²) in [4.78, 5) is 11.0. The average molecular weight is 211 g/mol. The van der Waals surface area contributed by atoms with Crippen molar-refractivity contribution in [3.05, 3.63) is 11.9 Å². The van der Waals surface area contributed by atoms with Gasteiger partial charge in [0.05, 0.1) is 24.4 Å². The van der Waals surface area contributed by atoms with Gasteiger partial charge in [-0.25, -0.2) is 0 Å². The Kier molecular flexibility index (Phi) is 4.15. The molecule has 0 amide bonds. The largest absolute Gasteiger partial charge is 0.466 e. The second-order valence-corrected chi connectivity index (χ2v) is 3.28. The topological polar surface area (TPSA) is 56.1 Å². The lowest BCUT2D eigenvalue weighted by molar-refractivity contribution is -0.142. The van der Waals surface area contributed by atoms with E-state index < -0.39 is 0 Å². The van der Waals surface area contributed by atoms with Gasteiger partial charge in [0.2, 0.25) is 0 Å². The molecule has 1 aromatic rings. The molecular weight excluding hydrogens is 194 g/mol. The van der Waals surface area contributed by atoms with Crippen molar-refractivity contribution < 1.29 is 9.53 Å². The number of carbonyl (C=O) groups is 1. The molecule has 0 radical (unpaired) electrons. The second-order valence-electron chi connectivity index (χ2n) is 3.28. The van der Waals surface area contributed by atoms with Crippen LogP contribution in [0.25, 0.3) is 0 Å². The highest BCUT2D eigenvalue weighted by Gasteiger charge is 2.04. The number of rotatable bonds is 5. The lowest BCUT2D eigenvalue weighted by Gasteiger charge is -2.04. The molecule has 0 aromatic carbocycles. The molecule has 1 N–H and O–H groups in total. The van der Waals surface area contributed by atoms with Gasteiger partial charge in [-0.15, -0.1) is 0 Å². The molecule has 0 atom stereocenters. The van der Waals surface area contributed by atoms with Crippen LogP contribution >= 0.6 is 0 Å². The number of aryl methyl sites for hydroxylation is 2. The molecule has 0 fully saturated rings. The van der Waals surface area contributed by atoms with Crippen molar-refractivity contribution in [2.75, 3.05) is 18.5 Å². The van der Waals surface area contributed by atoms with Crippen LogP contribution in [-0.2, 0) is 16.6 Å². The van der Waals surface area contributed by atoms with Crippen molar-refractivity contribution in [2.24, 2.45) is 7.05 Å². The molecule has 0 spiro atoms. The lowest BCUT2D eigenvalue weighted by Crippen LogP contribution is -2.11. The number of nitrogens with zero attached hydrogens (tertiary/aromatic N) is 2. The first kappa shape index (κ1) is 11.6. The number of anilines is 1. The molecule has 5 nitrogen and oxygen atoms in total. The van der Waals surface area contributed by atoms with Gasteiger partial charge in [-0.1, -0.05) is 0 Å². The Hall–Kier alpha value is -1.52. The van der Waals surface area contributed by atoms with Crippen molar-refractivity contribution in [3.8, 4) is 0 Å². The van der Waals surface area contributed by atoms with Crippen LogP contribution in [-0.4, -0.2) is 28.9 Å². The van der Waals surface area contributed by atoms with Gasteiger partial charge in [0.25, 0.3) is 0 Å². The maximum absolute atomic E-state index is 11.0. The minimum absolute atomic E-state index is 0.174. The van der Waals surface area contributed by atoms with E-state index in [9.17, 15) is 4.79 Å². The van der Waals surface area contributed by atoms with E-state index in [0.29, 0.717) is 19.6 Å². The van der Waals surface area contributed by atoms with E-state index in [4.69, 9.17) is 4.74 Å². The van der Waals surface area contributed by atoms with Gasteiger partial charge in [0.15, 0.2) is 0 Å². The average Bonchev–Trinajstić information content (AvgIpc) is 2.46. The second kappa shape index (κ2) is 5.38. The van der Waals surface area contributed by atoms with Crippen LogP contribution in [0.5, 0.6) is 0 Å². The van der Waals surface area contributed by atoms with Crippen LogP contribution in [0.1, 0.15) is 19.0 Å².